The Labute approximate surface area is 232 Å². The topological polar surface area (TPSA) is 75.4 Å². The van der Waals surface area contributed by atoms with Crippen molar-refractivity contribution in [2.45, 2.75) is 169 Å². The number of carbonyl (C=O) groups is 1. The van der Waals surface area contributed by atoms with Gasteiger partial charge in [0.15, 0.2) is 0 Å². The summed E-state index contributed by atoms with van der Waals surface area (Å²) in [5, 5.41) is 12.9. The standard InChI is InChI=1S/C22H43NO.C9H21NO.ClH/c1-2-3-4-5-6-7-8-9-10-11-12-13-14-15-16-17-18-19-20-21-22(23)24;1-5-7-10-9(4,11)8(3)6-2;/h9-10H,2-8,11-21H2,1H3,(H2,23,24);8,10-11H,5-7H2,1-4H3;1H/b10-9-;;. The summed E-state index contributed by atoms with van der Waals surface area (Å²) in [5.41, 5.74) is 4.44. The maximum atomic E-state index is 10.6. The molecule has 5 heteroatoms. The van der Waals surface area contributed by atoms with Crippen LogP contribution >= 0.6 is 12.4 Å². The highest BCUT2D eigenvalue weighted by Crippen LogP contribution is 2.16. The number of hydrogen-bond donors (Lipinski definition) is 3. The number of nitrogens with one attached hydrogen (secondary N) is 1. The van der Waals surface area contributed by atoms with Crippen LogP contribution < -0.4 is 11.1 Å². The number of aliphatic hydroxyl groups is 1. The van der Waals surface area contributed by atoms with Crippen molar-refractivity contribution in [3.05, 3.63) is 12.2 Å². The fraction of sp³-hybridized carbons (Fsp3) is 0.903. The molecule has 0 aliphatic heterocycles. The molecular weight excluding hydrogens is 468 g/mol. The van der Waals surface area contributed by atoms with Crippen LogP contribution in [0.2, 0.25) is 0 Å². The molecule has 0 rings (SSSR count). The van der Waals surface area contributed by atoms with E-state index in [0.717, 1.165) is 32.2 Å². The largest absolute Gasteiger partial charge is 0.376 e. The third kappa shape index (κ3) is 31.4. The molecule has 0 aliphatic rings. The van der Waals surface area contributed by atoms with E-state index < -0.39 is 5.72 Å². The lowest BCUT2D eigenvalue weighted by Crippen LogP contribution is -2.47. The predicted octanol–water partition coefficient (Wildman–Crippen LogP) is 9.23. The first-order chi connectivity index (χ1) is 16.8. The molecule has 0 aromatic rings. The second kappa shape index (κ2) is 30.6. The van der Waals surface area contributed by atoms with Gasteiger partial charge in [0.25, 0.3) is 0 Å². The maximum absolute atomic E-state index is 10.6. The van der Waals surface area contributed by atoms with Gasteiger partial charge in [-0.25, -0.2) is 0 Å². The highest BCUT2D eigenvalue weighted by Gasteiger charge is 2.25. The zero-order chi connectivity index (χ0) is 26.6. The van der Waals surface area contributed by atoms with E-state index in [1.165, 1.54) is 96.3 Å². The van der Waals surface area contributed by atoms with Gasteiger partial charge in [0, 0.05) is 6.42 Å². The van der Waals surface area contributed by atoms with Crippen molar-refractivity contribution < 1.29 is 9.90 Å². The first kappa shape index (κ1) is 39.9. The highest BCUT2D eigenvalue weighted by atomic mass is 35.5. The van der Waals surface area contributed by atoms with Crippen LogP contribution in [-0.4, -0.2) is 23.3 Å². The summed E-state index contributed by atoms with van der Waals surface area (Å²) < 4.78 is 0. The maximum Gasteiger partial charge on any atom is 0.217 e. The minimum atomic E-state index is -0.690. The molecule has 2 atom stereocenters. The number of carbonyl (C=O) groups excluding carboxylic acids is 1. The molecule has 0 bridgehead atoms. The van der Waals surface area contributed by atoms with Gasteiger partial charge in [0.05, 0.1) is 0 Å². The Balaban J connectivity index is -0.000000764. The van der Waals surface area contributed by atoms with Crippen LogP contribution in [0.3, 0.4) is 0 Å². The monoisotopic (exact) mass is 532 g/mol. The number of halogens is 1. The van der Waals surface area contributed by atoms with Gasteiger partial charge >= 0.3 is 0 Å². The summed E-state index contributed by atoms with van der Waals surface area (Å²) >= 11 is 0. The molecule has 0 aromatic carbocycles. The minimum absolute atomic E-state index is 0. The number of hydrogen-bond acceptors (Lipinski definition) is 3. The molecule has 1 amide bonds. The van der Waals surface area contributed by atoms with Crippen molar-refractivity contribution in [1.82, 2.24) is 5.32 Å². The number of primary amides is 1. The Morgan fingerprint density at radius 3 is 1.58 bits per heavy atom. The Bertz CT molecular complexity index is 469. The molecule has 36 heavy (non-hydrogen) atoms. The minimum Gasteiger partial charge on any atom is -0.376 e. The number of allylic oxidation sites excluding steroid dienone is 2. The molecule has 4 nitrogen and oxygen atoms in total. The number of unbranched alkanes of at least 4 members (excludes halogenated alkanes) is 15. The quantitative estimate of drug-likeness (QED) is 0.0658. The van der Waals surface area contributed by atoms with Crippen LogP contribution in [0.5, 0.6) is 0 Å². The van der Waals surface area contributed by atoms with E-state index in [1.807, 2.05) is 6.92 Å². The van der Waals surface area contributed by atoms with Crippen molar-refractivity contribution >= 4 is 18.3 Å². The van der Waals surface area contributed by atoms with E-state index in [4.69, 9.17) is 5.73 Å². The van der Waals surface area contributed by atoms with Crippen LogP contribution in [0.1, 0.15) is 163 Å². The zero-order valence-corrected chi connectivity index (χ0v) is 25.7. The van der Waals surface area contributed by atoms with Gasteiger partial charge in [0.2, 0.25) is 5.91 Å². The van der Waals surface area contributed by atoms with Crippen LogP contribution in [0.4, 0.5) is 0 Å². The van der Waals surface area contributed by atoms with Crippen molar-refractivity contribution in [2.24, 2.45) is 11.7 Å². The van der Waals surface area contributed by atoms with Crippen molar-refractivity contribution in [3.8, 4) is 0 Å². The molecule has 0 fully saturated rings. The van der Waals surface area contributed by atoms with Gasteiger partial charge in [-0.2, -0.15) is 0 Å². The molecule has 218 valence electrons. The lowest BCUT2D eigenvalue weighted by atomic mass is 9.97. The number of nitrogens with two attached hydrogens (primary N) is 1. The second-order valence-corrected chi connectivity index (χ2v) is 10.6. The molecule has 4 N–H and O–H groups in total. The van der Waals surface area contributed by atoms with Crippen LogP contribution in [0.15, 0.2) is 12.2 Å². The van der Waals surface area contributed by atoms with Crippen molar-refractivity contribution in [1.29, 1.82) is 0 Å². The Morgan fingerprint density at radius 1 is 0.778 bits per heavy atom. The van der Waals surface area contributed by atoms with Gasteiger partial charge < -0.3 is 10.8 Å². The first-order valence-corrected chi connectivity index (χ1v) is 15.2. The second-order valence-electron chi connectivity index (χ2n) is 10.6. The van der Waals surface area contributed by atoms with Crippen LogP contribution in [-0.2, 0) is 4.79 Å². The molecule has 0 aromatic heterocycles. The van der Waals surface area contributed by atoms with Gasteiger partial charge in [-0.1, -0.05) is 117 Å². The van der Waals surface area contributed by atoms with Crippen LogP contribution in [0, 0.1) is 5.92 Å². The average Bonchev–Trinajstić information content (AvgIpc) is 2.83. The van der Waals surface area contributed by atoms with E-state index in [0.29, 0.717) is 12.3 Å². The summed E-state index contributed by atoms with van der Waals surface area (Å²) in [6.45, 7) is 11.3. The summed E-state index contributed by atoms with van der Waals surface area (Å²) in [6.07, 6.45) is 29.9. The predicted molar refractivity (Wildman–Crippen MR) is 163 cm³/mol. The van der Waals surface area contributed by atoms with Crippen molar-refractivity contribution in [3.63, 3.8) is 0 Å². The Hall–Kier alpha value is -0.580. The lowest BCUT2D eigenvalue weighted by molar-refractivity contribution is -0.118. The lowest BCUT2D eigenvalue weighted by Gasteiger charge is -2.30. The van der Waals surface area contributed by atoms with E-state index in [1.54, 1.807) is 0 Å². The molecule has 0 saturated heterocycles. The Morgan fingerprint density at radius 2 is 1.19 bits per heavy atom. The van der Waals surface area contributed by atoms with Crippen LogP contribution in [0.25, 0.3) is 0 Å². The SMILES string of the molecule is CCCCCCCC/C=C\CCCCCCCCCCCC(N)=O.CCCNC(C)(O)C(C)CC.Cl. The molecule has 0 radical (unpaired) electrons. The zero-order valence-electron chi connectivity index (χ0n) is 24.9. The summed E-state index contributed by atoms with van der Waals surface area (Å²) in [4.78, 5) is 10.6. The van der Waals surface area contributed by atoms with E-state index in [-0.39, 0.29) is 18.3 Å². The van der Waals surface area contributed by atoms with Gasteiger partial charge in [0.1, 0.15) is 5.72 Å². The third-order valence-electron chi connectivity index (χ3n) is 6.99. The molecule has 0 heterocycles. The molecule has 0 saturated carbocycles. The highest BCUT2D eigenvalue weighted by molar-refractivity contribution is 5.85. The van der Waals surface area contributed by atoms with Gasteiger partial charge in [-0.3, -0.25) is 10.1 Å². The van der Waals surface area contributed by atoms with E-state index >= 15 is 0 Å². The number of rotatable bonds is 24. The molecule has 0 aliphatic carbocycles. The fourth-order valence-electron chi connectivity index (χ4n) is 4.03. The summed E-state index contributed by atoms with van der Waals surface area (Å²) in [5.74, 6) is 0.157. The molecule has 2 unspecified atom stereocenters. The fourth-order valence-corrected chi connectivity index (χ4v) is 4.03. The summed E-state index contributed by atoms with van der Waals surface area (Å²) in [7, 11) is 0. The van der Waals surface area contributed by atoms with E-state index in [2.05, 4.69) is 45.2 Å². The first-order valence-electron chi connectivity index (χ1n) is 15.2. The molecular formula is C31H65ClN2O2. The van der Waals surface area contributed by atoms with Crippen molar-refractivity contribution in [2.75, 3.05) is 6.54 Å². The average molecular weight is 533 g/mol. The molecule has 0 spiro atoms. The van der Waals surface area contributed by atoms with E-state index in [9.17, 15) is 9.90 Å². The number of amides is 1. The van der Waals surface area contributed by atoms with Gasteiger partial charge in [-0.05, 0) is 64.3 Å². The Kier molecular flexibility index (Phi) is 34.0. The normalized spacial score (nSPS) is 13.5. The van der Waals surface area contributed by atoms with Gasteiger partial charge in [-0.15, -0.1) is 12.4 Å². The third-order valence-corrected chi connectivity index (χ3v) is 6.99. The smallest absolute Gasteiger partial charge is 0.217 e. The summed E-state index contributed by atoms with van der Waals surface area (Å²) in [6, 6.07) is 0.